The Bertz CT molecular complexity index is 833. The van der Waals surface area contributed by atoms with Crippen LogP contribution in [-0.4, -0.2) is 25.5 Å². The van der Waals surface area contributed by atoms with E-state index >= 15 is 0 Å². The molecule has 0 saturated carbocycles. The maximum atomic E-state index is 6.17. The van der Waals surface area contributed by atoms with Crippen LogP contribution >= 0.6 is 35.0 Å². The lowest BCUT2D eigenvalue weighted by Gasteiger charge is -2.10. The number of pyridine rings is 1. The Morgan fingerprint density at radius 1 is 1.09 bits per heavy atom. The van der Waals surface area contributed by atoms with Gasteiger partial charge in [-0.25, -0.2) is 0 Å². The van der Waals surface area contributed by atoms with Crippen molar-refractivity contribution in [3.63, 3.8) is 0 Å². The van der Waals surface area contributed by atoms with Gasteiger partial charge < -0.3 is 0 Å². The van der Waals surface area contributed by atoms with E-state index in [0.29, 0.717) is 10.0 Å². The fraction of sp³-hybridized carbons (Fsp3) is 0.0625. The molecule has 0 amide bonds. The molecule has 0 aliphatic rings. The molecular formula is C16H12Cl2N4S. The monoisotopic (exact) mass is 362 g/mol. The SMILES string of the molecule is C=CCSc1nnc(-c2ccncc2)n1-c1ccc(Cl)c(Cl)c1. The molecule has 0 unspecified atom stereocenters. The summed E-state index contributed by atoms with van der Waals surface area (Å²) in [6, 6.07) is 9.23. The van der Waals surface area contributed by atoms with E-state index in [1.54, 1.807) is 36.3 Å². The van der Waals surface area contributed by atoms with Crippen LogP contribution in [0.2, 0.25) is 10.0 Å². The van der Waals surface area contributed by atoms with Crippen LogP contribution in [0.1, 0.15) is 0 Å². The van der Waals surface area contributed by atoms with Crippen molar-refractivity contribution in [3.05, 3.63) is 65.4 Å². The zero-order valence-electron chi connectivity index (χ0n) is 12.0. The van der Waals surface area contributed by atoms with Crippen molar-refractivity contribution in [2.24, 2.45) is 0 Å². The van der Waals surface area contributed by atoms with E-state index in [9.17, 15) is 0 Å². The Kier molecular flexibility index (Phi) is 5.00. The van der Waals surface area contributed by atoms with Gasteiger partial charge in [0.05, 0.1) is 15.7 Å². The van der Waals surface area contributed by atoms with Gasteiger partial charge in [0.25, 0.3) is 0 Å². The van der Waals surface area contributed by atoms with E-state index in [0.717, 1.165) is 28.0 Å². The number of hydrogen-bond acceptors (Lipinski definition) is 4. The summed E-state index contributed by atoms with van der Waals surface area (Å²) in [5, 5.41) is 10.4. The number of benzene rings is 1. The molecule has 0 bridgehead atoms. The summed E-state index contributed by atoms with van der Waals surface area (Å²) in [6.07, 6.45) is 5.27. The van der Waals surface area contributed by atoms with Crippen molar-refractivity contribution < 1.29 is 0 Å². The molecule has 0 aliphatic carbocycles. The third-order valence-electron chi connectivity index (χ3n) is 3.06. The Labute approximate surface area is 148 Å². The van der Waals surface area contributed by atoms with Crippen LogP contribution < -0.4 is 0 Å². The molecule has 0 saturated heterocycles. The minimum Gasteiger partial charge on any atom is -0.270 e. The van der Waals surface area contributed by atoms with E-state index in [1.807, 2.05) is 28.8 Å². The molecule has 116 valence electrons. The highest BCUT2D eigenvalue weighted by Crippen LogP contribution is 2.31. The van der Waals surface area contributed by atoms with Gasteiger partial charge in [-0.2, -0.15) is 0 Å². The van der Waals surface area contributed by atoms with Gasteiger partial charge >= 0.3 is 0 Å². The molecule has 0 aliphatic heterocycles. The fourth-order valence-electron chi connectivity index (χ4n) is 2.04. The van der Waals surface area contributed by atoms with Gasteiger partial charge in [0, 0.05) is 23.7 Å². The normalized spacial score (nSPS) is 10.7. The highest BCUT2D eigenvalue weighted by molar-refractivity contribution is 7.99. The Hall–Kier alpha value is -1.82. The molecule has 0 atom stereocenters. The molecule has 4 nitrogen and oxygen atoms in total. The Morgan fingerprint density at radius 3 is 2.57 bits per heavy atom. The number of hydrogen-bond donors (Lipinski definition) is 0. The van der Waals surface area contributed by atoms with Crippen molar-refractivity contribution in [2.75, 3.05) is 5.75 Å². The molecule has 0 radical (unpaired) electrons. The van der Waals surface area contributed by atoms with E-state index in [1.165, 1.54) is 0 Å². The van der Waals surface area contributed by atoms with E-state index in [2.05, 4.69) is 21.8 Å². The third kappa shape index (κ3) is 3.42. The predicted molar refractivity (Wildman–Crippen MR) is 95.5 cm³/mol. The fourth-order valence-corrected chi connectivity index (χ4v) is 3.02. The van der Waals surface area contributed by atoms with Gasteiger partial charge in [-0.1, -0.05) is 41.0 Å². The summed E-state index contributed by atoms with van der Waals surface area (Å²) >= 11 is 13.7. The number of halogens is 2. The highest BCUT2D eigenvalue weighted by Gasteiger charge is 2.16. The summed E-state index contributed by atoms with van der Waals surface area (Å²) in [5.41, 5.74) is 1.77. The molecule has 2 heterocycles. The van der Waals surface area contributed by atoms with Crippen LogP contribution in [0.25, 0.3) is 17.1 Å². The van der Waals surface area contributed by atoms with Crippen molar-refractivity contribution in [3.8, 4) is 17.1 Å². The van der Waals surface area contributed by atoms with Crippen LogP contribution in [0.15, 0.2) is 60.5 Å². The van der Waals surface area contributed by atoms with Gasteiger partial charge in [-0.3, -0.25) is 9.55 Å². The van der Waals surface area contributed by atoms with Gasteiger partial charge in [-0.05, 0) is 30.3 Å². The van der Waals surface area contributed by atoms with Crippen LogP contribution in [0.3, 0.4) is 0 Å². The largest absolute Gasteiger partial charge is 0.270 e. The predicted octanol–water partition coefficient (Wildman–Crippen LogP) is 4.91. The average Bonchev–Trinajstić information content (AvgIpc) is 3.00. The van der Waals surface area contributed by atoms with Crippen LogP contribution in [0.5, 0.6) is 0 Å². The van der Waals surface area contributed by atoms with Crippen LogP contribution in [-0.2, 0) is 0 Å². The molecule has 2 aromatic heterocycles. The van der Waals surface area contributed by atoms with Crippen LogP contribution in [0.4, 0.5) is 0 Å². The third-order valence-corrected chi connectivity index (χ3v) is 4.73. The summed E-state index contributed by atoms with van der Waals surface area (Å²) < 4.78 is 1.95. The molecule has 1 aromatic carbocycles. The zero-order valence-corrected chi connectivity index (χ0v) is 14.3. The minimum absolute atomic E-state index is 0.484. The maximum absolute atomic E-state index is 6.17. The zero-order chi connectivity index (χ0) is 16.2. The molecule has 7 heteroatoms. The molecule has 0 fully saturated rings. The smallest absolute Gasteiger partial charge is 0.196 e. The second-order valence-corrected chi connectivity index (χ2v) is 6.38. The second kappa shape index (κ2) is 7.17. The Balaban J connectivity index is 2.16. The summed E-state index contributed by atoms with van der Waals surface area (Å²) in [5.74, 6) is 1.45. The number of rotatable bonds is 5. The highest BCUT2D eigenvalue weighted by atomic mass is 35.5. The molecule has 0 spiro atoms. The lowest BCUT2D eigenvalue weighted by Crippen LogP contribution is -2.00. The van der Waals surface area contributed by atoms with E-state index in [4.69, 9.17) is 23.2 Å². The average molecular weight is 363 g/mol. The standard InChI is InChI=1S/C16H12Cl2N4S/c1-2-9-23-16-21-20-15(11-5-7-19-8-6-11)22(16)12-3-4-13(17)14(18)10-12/h2-8,10H,1,9H2. The first-order valence-corrected chi connectivity index (χ1v) is 8.50. The number of nitrogens with zero attached hydrogens (tertiary/aromatic N) is 4. The number of thioether (sulfide) groups is 1. The molecule has 3 aromatic rings. The summed E-state index contributed by atoms with van der Waals surface area (Å²) in [7, 11) is 0. The van der Waals surface area contributed by atoms with Crippen LogP contribution in [0, 0.1) is 0 Å². The maximum Gasteiger partial charge on any atom is 0.196 e. The number of aromatic nitrogens is 4. The summed E-state index contributed by atoms with van der Waals surface area (Å²) in [4.78, 5) is 4.04. The van der Waals surface area contributed by atoms with Crippen molar-refractivity contribution in [1.82, 2.24) is 19.7 Å². The first-order chi connectivity index (χ1) is 11.2. The Morgan fingerprint density at radius 2 is 1.87 bits per heavy atom. The van der Waals surface area contributed by atoms with E-state index in [-0.39, 0.29) is 0 Å². The molecular weight excluding hydrogens is 351 g/mol. The second-order valence-electron chi connectivity index (χ2n) is 4.58. The van der Waals surface area contributed by atoms with Crippen molar-refractivity contribution >= 4 is 35.0 Å². The first kappa shape index (κ1) is 16.1. The van der Waals surface area contributed by atoms with Crippen molar-refractivity contribution in [2.45, 2.75) is 5.16 Å². The molecule has 23 heavy (non-hydrogen) atoms. The summed E-state index contributed by atoms with van der Waals surface area (Å²) in [6.45, 7) is 3.74. The van der Waals surface area contributed by atoms with Crippen molar-refractivity contribution in [1.29, 1.82) is 0 Å². The lowest BCUT2D eigenvalue weighted by molar-refractivity contribution is 0.887. The first-order valence-electron chi connectivity index (χ1n) is 6.75. The quantitative estimate of drug-likeness (QED) is 0.477. The van der Waals surface area contributed by atoms with Gasteiger partial charge in [0.15, 0.2) is 11.0 Å². The van der Waals surface area contributed by atoms with Gasteiger partial charge in [0.1, 0.15) is 0 Å². The lowest BCUT2D eigenvalue weighted by atomic mass is 10.2. The van der Waals surface area contributed by atoms with E-state index < -0.39 is 0 Å². The topological polar surface area (TPSA) is 43.6 Å². The molecule has 0 N–H and O–H groups in total. The van der Waals surface area contributed by atoms with Gasteiger partial charge in [0.2, 0.25) is 0 Å². The molecule has 3 rings (SSSR count). The minimum atomic E-state index is 0.484. The van der Waals surface area contributed by atoms with Gasteiger partial charge in [-0.15, -0.1) is 16.8 Å².